The van der Waals surface area contributed by atoms with Crippen LogP contribution in [0.25, 0.3) is 0 Å². The molecule has 0 aromatic heterocycles. The number of hydrogen-bond donors (Lipinski definition) is 2. The average Bonchev–Trinajstić information content (AvgIpc) is 2.73. The maximum atomic E-state index is 10.8. The Morgan fingerprint density at radius 1 is 1.26 bits per heavy atom. The molecule has 0 heterocycles. The molecule has 1 aromatic carbocycles. The third kappa shape index (κ3) is 3.10. The van der Waals surface area contributed by atoms with Crippen LogP contribution in [0.15, 0.2) is 24.3 Å². The summed E-state index contributed by atoms with van der Waals surface area (Å²) in [5, 5.41) is 10.8. The van der Waals surface area contributed by atoms with E-state index in [-0.39, 0.29) is 5.41 Å². The number of ether oxygens (including phenoxy) is 1. The van der Waals surface area contributed by atoms with E-state index in [1.54, 1.807) is 7.11 Å². The molecule has 2 rings (SSSR count). The highest BCUT2D eigenvalue weighted by molar-refractivity contribution is 5.31. The molecule has 1 aliphatic carbocycles. The number of nitrogens with two attached hydrogens (primary N) is 1. The molecule has 1 atom stereocenters. The number of methoxy groups -OCH3 is 1. The molecule has 106 valence electrons. The minimum absolute atomic E-state index is 0.164. The van der Waals surface area contributed by atoms with Crippen molar-refractivity contribution in [3.05, 3.63) is 29.8 Å². The van der Waals surface area contributed by atoms with Crippen LogP contribution in [0.1, 0.15) is 50.2 Å². The second-order valence-electron chi connectivity index (χ2n) is 5.66. The van der Waals surface area contributed by atoms with Crippen molar-refractivity contribution < 1.29 is 9.84 Å². The van der Waals surface area contributed by atoms with Gasteiger partial charge in [0.25, 0.3) is 0 Å². The molecule has 1 aliphatic rings. The Kier molecular flexibility index (Phi) is 4.83. The lowest BCUT2D eigenvalue weighted by molar-refractivity contribution is 0.0165. The summed E-state index contributed by atoms with van der Waals surface area (Å²) in [6, 6.07) is 7.72. The highest BCUT2D eigenvalue weighted by atomic mass is 16.5. The summed E-state index contributed by atoms with van der Waals surface area (Å²) in [4.78, 5) is 0. The van der Waals surface area contributed by atoms with Gasteiger partial charge in [0, 0.05) is 12.0 Å². The lowest BCUT2D eigenvalue weighted by Crippen LogP contribution is -2.36. The summed E-state index contributed by atoms with van der Waals surface area (Å²) < 4.78 is 5.24. The van der Waals surface area contributed by atoms with Crippen LogP contribution in [0.2, 0.25) is 0 Å². The Morgan fingerprint density at radius 3 is 2.53 bits per heavy atom. The fourth-order valence-corrected chi connectivity index (χ4v) is 3.19. The molecule has 0 aliphatic heterocycles. The van der Waals surface area contributed by atoms with Gasteiger partial charge in [0.05, 0.1) is 13.2 Å². The molecule has 1 fully saturated rings. The van der Waals surface area contributed by atoms with Crippen molar-refractivity contribution in [3.63, 3.8) is 0 Å². The molecule has 19 heavy (non-hydrogen) atoms. The Hall–Kier alpha value is -1.06. The first kappa shape index (κ1) is 14.4. The molecule has 3 nitrogen and oxygen atoms in total. The lowest BCUT2D eigenvalue weighted by Gasteiger charge is -2.36. The maximum Gasteiger partial charge on any atom is 0.119 e. The molecule has 0 saturated heterocycles. The quantitative estimate of drug-likeness (QED) is 0.821. The smallest absolute Gasteiger partial charge is 0.119 e. The largest absolute Gasteiger partial charge is 0.497 e. The van der Waals surface area contributed by atoms with E-state index in [4.69, 9.17) is 10.5 Å². The Bertz CT molecular complexity index is 397. The van der Waals surface area contributed by atoms with Crippen LogP contribution in [0.3, 0.4) is 0 Å². The third-order valence-electron chi connectivity index (χ3n) is 4.50. The van der Waals surface area contributed by atoms with Gasteiger partial charge >= 0.3 is 0 Å². The summed E-state index contributed by atoms with van der Waals surface area (Å²) in [5.41, 5.74) is 6.78. The predicted molar refractivity (Wildman–Crippen MR) is 77.1 cm³/mol. The molecule has 1 unspecified atom stereocenters. The standard InChI is InChI=1S/C16H25NO2/c1-19-14-8-6-7-13(11-14)15(18)16(12-17)9-4-2-3-5-10-16/h6-8,11,15,18H,2-5,9-10,12,17H2,1H3. The Labute approximate surface area is 115 Å². The van der Waals surface area contributed by atoms with Gasteiger partial charge in [-0.2, -0.15) is 0 Å². The van der Waals surface area contributed by atoms with Gasteiger partial charge in [-0.05, 0) is 30.5 Å². The van der Waals surface area contributed by atoms with E-state index >= 15 is 0 Å². The van der Waals surface area contributed by atoms with Crippen LogP contribution < -0.4 is 10.5 Å². The predicted octanol–water partition coefficient (Wildman–Crippen LogP) is 3.03. The van der Waals surface area contributed by atoms with Gasteiger partial charge in [0.1, 0.15) is 5.75 Å². The summed E-state index contributed by atoms with van der Waals surface area (Å²) in [6.07, 6.45) is 6.38. The van der Waals surface area contributed by atoms with Crippen LogP contribution in [-0.2, 0) is 0 Å². The zero-order valence-corrected chi connectivity index (χ0v) is 11.8. The lowest BCUT2D eigenvalue weighted by atomic mass is 9.73. The third-order valence-corrected chi connectivity index (χ3v) is 4.50. The summed E-state index contributed by atoms with van der Waals surface area (Å²) in [6.45, 7) is 0.547. The Morgan fingerprint density at radius 2 is 1.95 bits per heavy atom. The highest BCUT2D eigenvalue weighted by Gasteiger charge is 2.37. The minimum Gasteiger partial charge on any atom is -0.497 e. The molecule has 3 heteroatoms. The summed E-state index contributed by atoms with van der Waals surface area (Å²) >= 11 is 0. The van der Waals surface area contributed by atoms with Crippen molar-refractivity contribution in [1.82, 2.24) is 0 Å². The number of aliphatic hydroxyl groups excluding tert-OH is 1. The first-order chi connectivity index (χ1) is 9.22. The number of hydrogen-bond acceptors (Lipinski definition) is 3. The van der Waals surface area contributed by atoms with Crippen molar-refractivity contribution in [2.24, 2.45) is 11.1 Å². The molecular formula is C16H25NO2. The van der Waals surface area contributed by atoms with Crippen molar-refractivity contribution in [1.29, 1.82) is 0 Å². The van der Waals surface area contributed by atoms with E-state index in [2.05, 4.69) is 0 Å². The molecule has 0 radical (unpaired) electrons. The normalized spacial score (nSPS) is 20.6. The number of benzene rings is 1. The minimum atomic E-state index is -0.495. The average molecular weight is 263 g/mol. The van der Waals surface area contributed by atoms with E-state index < -0.39 is 6.10 Å². The summed E-state index contributed by atoms with van der Waals surface area (Å²) in [5.74, 6) is 0.789. The van der Waals surface area contributed by atoms with E-state index in [1.165, 1.54) is 12.8 Å². The monoisotopic (exact) mass is 263 g/mol. The molecule has 3 N–H and O–H groups in total. The molecular weight excluding hydrogens is 238 g/mol. The van der Waals surface area contributed by atoms with Gasteiger partial charge in [0.15, 0.2) is 0 Å². The first-order valence-electron chi connectivity index (χ1n) is 7.24. The summed E-state index contributed by atoms with van der Waals surface area (Å²) in [7, 11) is 1.65. The van der Waals surface area contributed by atoms with Gasteiger partial charge in [-0.25, -0.2) is 0 Å². The Balaban J connectivity index is 2.25. The highest BCUT2D eigenvalue weighted by Crippen LogP contribution is 2.44. The van der Waals surface area contributed by atoms with Crippen molar-refractivity contribution in [3.8, 4) is 5.75 Å². The maximum absolute atomic E-state index is 10.8. The van der Waals surface area contributed by atoms with Gasteiger partial charge in [-0.15, -0.1) is 0 Å². The number of aliphatic hydroxyl groups is 1. The van der Waals surface area contributed by atoms with Crippen LogP contribution in [0.4, 0.5) is 0 Å². The second kappa shape index (κ2) is 6.40. The van der Waals surface area contributed by atoms with Crippen LogP contribution in [0, 0.1) is 5.41 Å². The van der Waals surface area contributed by atoms with Crippen LogP contribution in [0.5, 0.6) is 5.75 Å². The zero-order valence-electron chi connectivity index (χ0n) is 11.8. The van der Waals surface area contributed by atoms with E-state index in [0.29, 0.717) is 6.54 Å². The van der Waals surface area contributed by atoms with Gasteiger partial charge in [-0.1, -0.05) is 37.8 Å². The fraction of sp³-hybridized carbons (Fsp3) is 0.625. The molecule has 0 bridgehead atoms. The molecule has 1 aromatic rings. The second-order valence-corrected chi connectivity index (χ2v) is 5.66. The van der Waals surface area contributed by atoms with Crippen molar-refractivity contribution in [2.75, 3.05) is 13.7 Å². The van der Waals surface area contributed by atoms with Gasteiger partial charge in [0.2, 0.25) is 0 Å². The van der Waals surface area contributed by atoms with E-state index in [1.807, 2.05) is 24.3 Å². The first-order valence-corrected chi connectivity index (χ1v) is 7.24. The van der Waals surface area contributed by atoms with Gasteiger partial charge < -0.3 is 15.6 Å². The molecule has 0 spiro atoms. The van der Waals surface area contributed by atoms with Gasteiger partial charge in [-0.3, -0.25) is 0 Å². The van der Waals surface area contributed by atoms with Crippen molar-refractivity contribution >= 4 is 0 Å². The molecule has 1 saturated carbocycles. The van der Waals surface area contributed by atoms with Crippen molar-refractivity contribution in [2.45, 2.75) is 44.6 Å². The zero-order chi connectivity index (χ0) is 13.7. The van der Waals surface area contributed by atoms with E-state index in [9.17, 15) is 5.11 Å². The van der Waals surface area contributed by atoms with Crippen LogP contribution >= 0.6 is 0 Å². The number of rotatable bonds is 4. The fourth-order valence-electron chi connectivity index (χ4n) is 3.19. The van der Waals surface area contributed by atoms with E-state index in [0.717, 1.165) is 37.0 Å². The molecule has 0 amide bonds. The topological polar surface area (TPSA) is 55.5 Å². The SMILES string of the molecule is COc1cccc(C(O)C2(CN)CCCCCC2)c1. The van der Waals surface area contributed by atoms with Crippen LogP contribution in [-0.4, -0.2) is 18.8 Å².